The van der Waals surface area contributed by atoms with Crippen molar-refractivity contribution >= 4 is 0 Å². The Kier molecular flexibility index (Phi) is 14.6. The van der Waals surface area contributed by atoms with Crippen molar-refractivity contribution in [3.8, 4) is 0 Å². The van der Waals surface area contributed by atoms with Crippen LogP contribution in [0.2, 0.25) is 0 Å². The van der Waals surface area contributed by atoms with E-state index in [9.17, 15) is 0 Å². The van der Waals surface area contributed by atoms with Crippen molar-refractivity contribution in [2.45, 2.75) is 83.7 Å². The molecule has 0 saturated carbocycles. The Morgan fingerprint density at radius 3 is 1.00 bits per heavy atom. The first-order valence-electron chi connectivity index (χ1n) is 11.2. The minimum atomic E-state index is 0.138. The highest BCUT2D eigenvalue weighted by molar-refractivity contribution is 4.97. The second-order valence-corrected chi connectivity index (χ2v) is 8.42. The molecule has 0 bridgehead atoms. The predicted octanol–water partition coefficient (Wildman–Crippen LogP) is 1.71. The van der Waals surface area contributed by atoms with E-state index in [1.54, 1.807) is 0 Å². The zero-order valence-corrected chi connectivity index (χ0v) is 18.8. The van der Waals surface area contributed by atoms with Crippen molar-refractivity contribution in [3.63, 3.8) is 0 Å². The van der Waals surface area contributed by atoms with E-state index in [0.29, 0.717) is 0 Å². The van der Waals surface area contributed by atoms with Crippen LogP contribution in [0.1, 0.15) is 72.6 Å². The van der Waals surface area contributed by atoms with Gasteiger partial charge in [-0.1, -0.05) is 13.8 Å². The topological polar surface area (TPSA) is 111 Å². The fourth-order valence-electron chi connectivity index (χ4n) is 4.17. The number of nitrogens with zero attached hydrogens (tertiary/aromatic N) is 2. The molecule has 0 rings (SSSR count). The first-order chi connectivity index (χ1) is 12.9. The van der Waals surface area contributed by atoms with Crippen molar-refractivity contribution in [2.24, 2.45) is 22.9 Å². The Bertz CT molecular complexity index is 306. The average Bonchev–Trinajstić information content (AvgIpc) is 2.67. The van der Waals surface area contributed by atoms with Crippen LogP contribution in [0, 0.1) is 0 Å². The van der Waals surface area contributed by atoms with E-state index in [0.717, 1.165) is 97.3 Å². The molecular weight excluding hydrogens is 336 g/mol. The van der Waals surface area contributed by atoms with E-state index in [1.807, 2.05) is 0 Å². The second-order valence-electron chi connectivity index (χ2n) is 8.42. The van der Waals surface area contributed by atoms with E-state index < -0.39 is 0 Å². The SMILES string of the molecule is CCC(C)(CC(C)(CC)N(CCCN)CCCN)N(CCCN)CCCN. The lowest BCUT2D eigenvalue weighted by atomic mass is 9.78. The Hall–Kier alpha value is -0.240. The van der Waals surface area contributed by atoms with Gasteiger partial charge in [0, 0.05) is 11.1 Å². The average molecular weight is 387 g/mol. The van der Waals surface area contributed by atoms with Gasteiger partial charge in [0.15, 0.2) is 0 Å². The molecule has 6 nitrogen and oxygen atoms in total. The maximum absolute atomic E-state index is 5.82. The molecule has 8 N–H and O–H groups in total. The molecule has 0 aliphatic rings. The van der Waals surface area contributed by atoms with Crippen molar-refractivity contribution in [3.05, 3.63) is 0 Å². The molecule has 0 aliphatic heterocycles. The van der Waals surface area contributed by atoms with Crippen LogP contribution in [-0.4, -0.2) is 73.2 Å². The normalized spacial score (nSPS) is 16.7. The van der Waals surface area contributed by atoms with E-state index in [4.69, 9.17) is 22.9 Å². The highest BCUT2D eigenvalue weighted by Crippen LogP contribution is 2.35. The quantitative estimate of drug-likeness (QED) is 0.285. The minimum absolute atomic E-state index is 0.138. The molecule has 6 heteroatoms. The van der Waals surface area contributed by atoms with Crippen LogP contribution >= 0.6 is 0 Å². The summed E-state index contributed by atoms with van der Waals surface area (Å²) in [7, 11) is 0. The molecule has 0 radical (unpaired) electrons. The Morgan fingerprint density at radius 1 is 0.556 bits per heavy atom. The highest BCUT2D eigenvalue weighted by Gasteiger charge is 2.40. The van der Waals surface area contributed by atoms with Gasteiger partial charge in [0.05, 0.1) is 0 Å². The standard InChI is InChI=1S/C21H50N6/c1-5-20(3,26(15-7-11-22)16-8-12-23)19-21(4,6-2)27(17-9-13-24)18-10-14-25/h5-19,22-25H2,1-4H3. The molecule has 0 aromatic rings. The van der Waals surface area contributed by atoms with Crippen LogP contribution in [0.3, 0.4) is 0 Å². The van der Waals surface area contributed by atoms with Gasteiger partial charge in [-0.05, 0) is 111 Å². The third-order valence-corrected chi connectivity index (χ3v) is 6.34. The van der Waals surface area contributed by atoms with Crippen LogP contribution in [-0.2, 0) is 0 Å². The predicted molar refractivity (Wildman–Crippen MR) is 120 cm³/mol. The molecule has 0 fully saturated rings. The molecule has 0 spiro atoms. The van der Waals surface area contributed by atoms with Gasteiger partial charge in [0.2, 0.25) is 0 Å². The van der Waals surface area contributed by atoms with E-state index in [1.165, 1.54) is 0 Å². The van der Waals surface area contributed by atoms with Crippen LogP contribution in [0.5, 0.6) is 0 Å². The molecule has 164 valence electrons. The van der Waals surface area contributed by atoms with E-state index in [2.05, 4.69) is 37.5 Å². The molecular formula is C21H50N6. The maximum atomic E-state index is 5.82. The van der Waals surface area contributed by atoms with Crippen molar-refractivity contribution in [1.29, 1.82) is 0 Å². The van der Waals surface area contributed by atoms with Crippen molar-refractivity contribution in [1.82, 2.24) is 9.80 Å². The first kappa shape index (κ1) is 26.8. The van der Waals surface area contributed by atoms with Crippen molar-refractivity contribution in [2.75, 3.05) is 52.4 Å². The zero-order chi connectivity index (χ0) is 20.8. The summed E-state index contributed by atoms with van der Waals surface area (Å²) in [5, 5.41) is 0. The smallest absolute Gasteiger partial charge is 0.0196 e. The number of rotatable bonds is 18. The lowest BCUT2D eigenvalue weighted by Crippen LogP contribution is -2.57. The van der Waals surface area contributed by atoms with Crippen LogP contribution in [0.15, 0.2) is 0 Å². The second kappa shape index (κ2) is 14.7. The van der Waals surface area contributed by atoms with Gasteiger partial charge in [0.1, 0.15) is 0 Å². The monoisotopic (exact) mass is 386 g/mol. The van der Waals surface area contributed by atoms with Crippen LogP contribution in [0.25, 0.3) is 0 Å². The third-order valence-electron chi connectivity index (χ3n) is 6.34. The fourth-order valence-corrected chi connectivity index (χ4v) is 4.17. The Balaban J connectivity index is 5.50. The first-order valence-corrected chi connectivity index (χ1v) is 11.2. The molecule has 0 amide bonds. The minimum Gasteiger partial charge on any atom is -0.330 e. The van der Waals surface area contributed by atoms with Gasteiger partial charge in [-0.15, -0.1) is 0 Å². The van der Waals surface area contributed by atoms with Gasteiger partial charge in [-0.3, -0.25) is 9.80 Å². The van der Waals surface area contributed by atoms with Gasteiger partial charge in [-0.25, -0.2) is 0 Å². The largest absolute Gasteiger partial charge is 0.330 e. The summed E-state index contributed by atoms with van der Waals surface area (Å²) in [4.78, 5) is 5.29. The molecule has 0 saturated heterocycles. The summed E-state index contributed by atoms with van der Waals surface area (Å²) < 4.78 is 0. The lowest BCUT2D eigenvalue weighted by Gasteiger charge is -2.50. The van der Waals surface area contributed by atoms with E-state index >= 15 is 0 Å². The molecule has 0 heterocycles. The zero-order valence-electron chi connectivity index (χ0n) is 18.8. The molecule has 0 aliphatic carbocycles. The number of hydrogen-bond donors (Lipinski definition) is 4. The van der Waals surface area contributed by atoms with E-state index in [-0.39, 0.29) is 11.1 Å². The summed E-state index contributed by atoms with van der Waals surface area (Å²) >= 11 is 0. The molecule has 0 aromatic heterocycles. The summed E-state index contributed by atoms with van der Waals surface area (Å²) in [5.41, 5.74) is 23.5. The summed E-state index contributed by atoms with van der Waals surface area (Å²) in [6.45, 7) is 16.6. The van der Waals surface area contributed by atoms with Gasteiger partial charge in [-0.2, -0.15) is 0 Å². The molecule has 2 atom stereocenters. The number of nitrogens with two attached hydrogens (primary N) is 4. The molecule has 0 aromatic carbocycles. The summed E-state index contributed by atoms with van der Waals surface area (Å²) in [6.07, 6.45) is 7.52. The maximum Gasteiger partial charge on any atom is 0.0196 e. The van der Waals surface area contributed by atoms with Crippen molar-refractivity contribution < 1.29 is 0 Å². The van der Waals surface area contributed by atoms with Gasteiger partial charge in [0.25, 0.3) is 0 Å². The third kappa shape index (κ3) is 9.20. The van der Waals surface area contributed by atoms with Crippen LogP contribution < -0.4 is 22.9 Å². The Labute approximate surface area is 169 Å². The molecule has 2 unspecified atom stereocenters. The molecule has 27 heavy (non-hydrogen) atoms. The lowest BCUT2D eigenvalue weighted by molar-refractivity contribution is 0.00543. The number of hydrogen-bond acceptors (Lipinski definition) is 6. The van der Waals surface area contributed by atoms with Gasteiger partial charge >= 0.3 is 0 Å². The van der Waals surface area contributed by atoms with Gasteiger partial charge < -0.3 is 22.9 Å². The van der Waals surface area contributed by atoms with Crippen LogP contribution in [0.4, 0.5) is 0 Å². The fraction of sp³-hybridized carbons (Fsp3) is 1.00. The highest BCUT2D eigenvalue weighted by atomic mass is 15.2. The summed E-state index contributed by atoms with van der Waals surface area (Å²) in [5.74, 6) is 0. The Morgan fingerprint density at radius 2 is 0.815 bits per heavy atom. The summed E-state index contributed by atoms with van der Waals surface area (Å²) in [6, 6.07) is 0.